The van der Waals surface area contributed by atoms with E-state index in [2.05, 4.69) is 50.9 Å². The second kappa shape index (κ2) is 6.85. The van der Waals surface area contributed by atoms with E-state index in [0.717, 1.165) is 35.8 Å². The third-order valence-electron chi connectivity index (χ3n) is 5.06. The van der Waals surface area contributed by atoms with Crippen LogP contribution < -0.4 is 0 Å². The van der Waals surface area contributed by atoms with Gasteiger partial charge in [0.25, 0.3) is 0 Å². The van der Waals surface area contributed by atoms with Crippen molar-refractivity contribution in [3.63, 3.8) is 0 Å². The number of ether oxygens (including phenoxy) is 1. The topological polar surface area (TPSA) is 55.7 Å². The molecule has 5 rings (SSSR count). The summed E-state index contributed by atoms with van der Waals surface area (Å²) >= 11 is 0. The van der Waals surface area contributed by atoms with Gasteiger partial charge in [-0.25, -0.2) is 9.97 Å². The average molecular weight is 356 g/mol. The Labute approximate surface area is 157 Å². The van der Waals surface area contributed by atoms with Crippen LogP contribution in [0.15, 0.2) is 73.3 Å². The molecule has 0 aliphatic carbocycles. The second-order valence-electron chi connectivity index (χ2n) is 6.71. The molecule has 0 unspecified atom stereocenters. The number of aromatic amines is 1. The smallest absolute Gasteiger partial charge is 0.156 e. The molecule has 0 fully saturated rings. The minimum atomic E-state index is 0.0153. The Morgan fingerprint density at radius 3 is 2.74 bits per heavy atom. The van der Waals surface area contributed by atoms with Gasteiger partial charge in [-0.3, -0.25) is 0 Å². The number of benzene rings is 2. The summed E-state index contributed by atoms with van der Waals surface area (Å²) in [5.74, 6) is 0.815. The van der Waals surface area contributed by atoms with Crippen molar-refractivity contribution in [2.45, 2.75) is 19.1 Å². The van der Waals surface area contributed by atoms with Gasteiger partial charge in [-0.2, -0.15) is 0 Å². The number of nitrogens with one attached hydrogen (secondary N) is 1. The van der Waals surface area contributed by atoms with Gasteiger partial charge in [0.15, 0.2) is 5.82 Å². The van der Waals surface area contributed by atoms with Gasteiger partial charge < -0.3 is 14.3 Å². The SMILES string of the molecule is c1ccc(-c2ncn(C[C@H]3OCCc4ccccc43)c2-c2ncc[nH]2)cc1. The summed E-state index contributed by atoms with van der Waals surface area (Å²) in [6.07, 6.45) is 6.49. The molecule has 1 atom stereocenters. The van der Waals surface area contributed by atoms with Crippen molar-refractivity contribution in [2.75, 3.05) is 6.61 Å². The number of imidazole rings is 2. The number of aromatic nitrogens is 4. The molecule has 0 radical (unpaired) electrons. The molecule has 4 aromatic rings. The molecule has 1 aliphatic heterocycles. The first-order valence-electron chi connectivity index (χ1n) is 9.20. The third kappa shape index (κ3) is 2.96. The first kappa shape index (κ1) is 16.0. The molecule has 0 amide bonds. The Kier molecular flexibility index (Phi) is 4.07. The maximum Gasteiger partial charge on any atom is 0.156 e. The molecule has 5 nitrogen and oxygen atoms in total. The fourth-order valence-corrected chi connectivity index (χ4v) is 3.78. The Bertz CT molecular complexity index is 1040. The summed E-state index contributed by atoms with van der Waals surface area (Å²) in [4.78, 5) is 12.4. The zero-order valence-corrected chi connectivity index (χ0v) is 14.9. The van der Waals surface area contributed by atoms with Crippen LogP contribution >= 0.6 is 0 Å². The van der Waals surface area contributed by atoms with Crippen molar-refractivity contribution >= 4 is 0 Å². The Balaban J connectivity index is 1.57. The highest BCUT2D eigenvalue weighted by atomic mass is 16.5. The lowest BCUT2D eigenvalue weighted by Gasteiger charge is -2.26. The van der Waals surface area contributed by atoms with Crippen LogP contribution in [0.2, 0.25) is 0 Å². The number of hydrogen-bond donors (Lipinski definition) is 1. The molecule has 0 saturated heterocycles. The Morgan fingerprint density at radius 2 is 1.89 bits per heavy atom. The van der Waals surface area contributed by atoms with E-state index in [1.54, 1.807) is 6.20 Å². The van der Waals surface area contributed by atoms with Gasteiger partial charge >= 0.3 is 0 Å². The quantitative estimate of drug-likeness (QED) is 0.595. The van der Waals surface area contributed by atoms with E-state index < -0.39 is 0 Å². The van der Waals surface area contributed by atoms with E-state index in [0.29, 0.717) is 6.54 Å². The van der Waals surface area contributed by atoms with Crippen molar-refractivity contribution in [1.29, 1.82) is 0 Å². The van der Waals surface area contributed by atoms with Crippen LogP contribution in [0.25, 0.3) is 22.8 Å². The lowest BCUT2D eigenvalue weighted by Crippen LogP contribution is -2.20. The monoisotopic (exact) mass is 356 g/mol. The predicted molar refractivity (Wildman–Crippen MR) is 104 cm³/mol. The lowest BCUT2D eigenvalue weighted by atomic mass is 9.97. The van der Waals surface area contributed by atoms with Crippen LogP contribution in [0.1, 0.15) is 17.2 Å². The summed E-state index contributed by atoms with van der Waals surface area (Å²) in [5, 5.41) is 0. The van der Waals surface area contributed by atoms with Gasteiger partial charge in [0.1, 0.15) is 11.8 Å². The van der Waals surface area contributed by atoms with Gasteiger partial charge in [-0.05, 0) is 17.5 Å². The molecule has 1 N–H and O–H groups in total. The van der Waals surface area contributed by atoms with Crippen molar-refractivity contribution in [1.82, 2.24) is 19.5 Å². The maximum absolute atomic E-state index is 6.12. The van der Waals surface area contributed by atoms with E-state index in [4.69, 9.17) is 9.72 Å². The zero-order valence-electron chi connectivity index (χ0n) is 14.9. The normalized spacial score (nSPS) is 16.2. The van der Waals surface area contributed by atoms with Crippen LogP contribution in [-0.4, -0.2) is 26.1 Å². The van der Waals surface area contributed by atoms with Crippen molar-refractivity contribution < 1.29 is 4.74 Å². The molecule has 2 aromatic heterocycles. The van der Waals surface area contributed by atoms with Crippen molar-refractivity contribution in [3.05, 3.63) is 84.4 Å². The van der Waals surface area contributed by atoms with Gasteiger partial charge in [-0.1, -0.05) is 54.6 Å². The largest absolute Gasteiger partial charge is 0.371 e. The predicted octanol–water partition coefficient (Wildman–Crippen LogP) is 4.25. The van der Waals surface area contributed by atoms with Crippen molar-refractivity contribution in [2.24, 2.45) is 0 Å². The minimum absolute atomic E-state index is 0.0153. The zero-order chi connectivity index (χ0) is 18.1. The van der Waals surface area contributed by atoms with E-state index >= 15 is 0 Å². The molecular formula is C22H20N4O. The second-order valence-corrected chi connectivity index (χ2v) is 6.71. The highest BCUT2D eigenvalue weighted by Crippen LogP contribution is 2.33. The van der Waals surface area contributed by atoms with Crippen molar-refractivity contribution in [3.8, 4) is 22.8 Å². The summed E-state index contributed by atoms with van der Waals surface area (Å²) in [5.41, 5.74) is 5.63. The lowest BCUT2D eigenvalue weighted by molar-refractivity contribution is 0.0308. The van der Waals surface area contributed by atoms with Gasteiger partial charge in [0.05, 0.1) is 25.2 Å². The van der Waals surface area contributed by atoms with E-state index in [-0.39, 0.29) is 6.10 Å². The minimum Gasteiger partial charge on any atom is -0.371 e. The van der Waals surface area contributed by atoms with E-state index in [1.165, 1.54) is 11.1 Å². The highest BCUT2D eigenvalue weighted by Gasteiger charge is 2.24. The molecule has 5 heteroatoms. The average Bonchev–Trinajstić information content (AvgIpc) is 3.38. The van der Waals surface area contributed by atoms with E-state index in [9.17, 15) is 0 Å². The Morgan fingerprint density at radius 1 is 1.04 bits per heavy atom. The standard InChI is InChI=1S/C22H20N4O/c1-2-7-17(8-3-1)20-21(22-23-11-12-24-22)26(15-25-20)14-19-18-9-5-4-6-16(18)10-13-27-19/h1-9,11-12,15,19H,10,13-14H2,(H,23,24)/t19-/m1/s1. The third-order valence-corrected chi connectivity index (χ3v) is 5.06. The van der Waals surface area contributed by atoms with Crippen LogP contribution in [0, 0.1) is 0 Å². The highest BCUT2D eigenvalue weighted by molar-refractivity contribution is 5.75. The Hall–Kier alpha value is -3.18. The number of fused-ring (bicyclic) bond motifs is 1. The number of rotatable bonds is 4. The first-order chi connectivity index (χ1) is 13.4. The number of nitrogens with zero attached hydrogens (tertiary/aromatic N) is 3. The number of H-pyrrole nitrogens is 1. The molecule has 0 bridgehead atoms. The molecular weight excluding hydrogens is 336 g/mol. The molecule has 1 aliphatic rings. The number of hydrogen-bond acceptors (Lipinski definition) is 3. The van der Waals surface area contributed by atoms with Crippen LogP contribution in [0.5, 0.6) is 0 Å². The van der Waals surface area contributed by atoms with Crippen LogP contribution in [0.4, 0.5) is 0 Å². The fraction of sp³-hybridized carbons (Fsp3) is 0.182. The maximum atomic E-state index is 6.12. The molecule has 134 valence electrons. The van der Waals surface area contributed by atoms with Gasteiger partial charge in [0, 0.05) is 18.0 Å². The molecule has 2 aromatic carbocycles. The van der Waals surface area contributed by atoms with Crippen LogP contribution in [0.3, 0.4) is 0 Å². The first-order valence-corrected chi connectivity index (χ1v) is 9.20. The fourth-order valence-electron chi connectivity index (χ4n) is 3.78. The van der Waals surface area contributed by atoms with Crippen LogP contribution in [-0.2, 0) is 17.7 Å². The summed E-state index contributed by atoms with van der Waals surface area (Å²) in [7, 11) is 0. The van der Waals surface area contributed by atoms with Gasteiger partial charge in [-0.15, -0.1) is 0 Å². The van der Waals surface area contributed by atoms with Gasteiger partial charge in [0.2, 0.25) is 0 Å². The molecule has 0 saturated carbocycles. The molecule has 27 heavy (non-hydrogen) atoms. The summed E-state index contributed by atoms with van der Waals surface area (Å²) < 4.78 is 8.26. The van der Waals surface area contributed by atoms with E-state index in [1.807, 2.05) is 30.7 Å². The summed E-state index contributed by atoms with van der Waals surface area (Å²) in [6, 6.07) is 18.8. The molecule has 3 heterocycles. The summed E-state index contributed by atoms with van der Waals surface area (Å²) in [6.45, 7) is 1.45. The molecule has 0 spiro atoms.